The van der Waals surface area contributed by atoms with Gasteiger partial charge in [0.15, 0.2) is 0 Å². The summed E-state index contributed by atoms with van der Waals surface area (Å²) in [6.07, 6.45) is 4.56. The van der Waals surface area contributed by atoms with Crippen LogP contribution in [0.4, 0.5) is 0 Å². The molecule has 1 saturated heterocycles. The molecule has 0 saturated carbocycles. The normalized spacial score (nSPS) is 23.8. The van der Waals surface area contributed by atoms with Gasteiger partial charge in [0.25, 0.3) is 0 Å². The van der Waals surface area contributed by atoms with Gasteiger partial charge < -0.3 is 20.1 Å². The SMILES string of the molecule is CCC/C(=C\c1cc(C)c(O)c(C)c1)CC[C@@H](O)C1=C(COC)C[C@H]2C(=O)N(C)C(=O)[C@H]2[C@H]1CO. The number of rotatable bonds is 10. The number of nitrogens with zero attached hydrogens (tertiary/aromatic N) is 1. The van der Waals surface area contributed by atoms with Gasteiger partial charge in [0.05, 0.1) is 31.2 Å². The first-order valence-corrected chi connectivity index (χ1v) is 12.4. The summed E-state index contributed by atoms with van der Waals surface area (Å²) in [5, 5.41) is 31.7. The maximum Gasteiger partial charge on any atom is 0.233 e. The Morgan fingerprint density at radius 1 is 1.20 bits per heavy atom. The highest BCUT2D eigenvalue weighted by Gasteiger charge is 2.53. The minimum Gasteiger partial charge on any atom is -0.507 e. The van der Waals surface area contributed by atoms with Crippen molar-refractivity contribution < 1.29 is 29.6 Å². The Balaban J connectivity index is 1.87. The van der Waals surface area contributed by atoms with Crippen LogP contribution in [-0.2, 0) is 14.3 Å². The van der Waals surface area contributed by atoms with Gasteiger partial charge in [0.2, 0.25) is 11.8 Å². The first-order chi connectivity index (χ1) is 16.6. The van der Waals surface area contributed by atoms with Crippen LogP contribution in [0.1, 0.15) is 55.7 Å². The number of carbonyl (C=O) groups excluding carboxylic acids is 2. The van der Waals surface area contributed by atoms with Gasteiger partial charge in [-0.3, -0.25) is 14.5 Å². The number of fused-ring (bicyclic) bond motifs is 1. The van der Waals surface area contributed by atoms with Crippen molar-refractivity contribution >= 4 is 17.9 Å². The molecular formula is C28H39NO6. The lowest BCUT2D eigenvalue weighted by Crippen LogP contribution is -2.39. The monoisotopic (exact) mass is 485 g/mol. The summed E-state index contributed by atoms with van der Waals surface area (Å²) in [6, 6.07) is 3.91. The lowest BCUT2D eigenvalue weighted by Gasteiger charge is -2.36. The highest BCUT2D eigenvalue weighted by atomic mass is 16.5. The Hall–Kier alpha value is -2.48. The first-order valence-electron chi connectivity index (χ1n) is 12.4. The lowest BCUT2D eigenvalue weighted by molar-refractivity contribution is -0.138. The molecule has 3 rings (SSSR count). The number of ether oxygens (including phenoxy) is 1. The van der Waals surface area contributed by atoms with Crippen molar-refractivity contribution in [3.8, 4) is 5.75 Å². The quantitative estimate of drug-likeness (QED) is 0.346. The van der Waals surface area contributed by atoms with Crippen LogP contribution >= 0.6 is 0 Å². The molecule has 1 fully saturated rings. The largest absolute Gasteiger partial charge is 0.507 e. The van der Waals surface area contributed by atoms with Crippen LogP contribution < -0.4 is 0 Å². The molecule has 0 bridgehead atoms. The van der Waals surface area contributed by atoms with Gasteiger partial charge in [-0.1, -0.05) is 25.0 Å². The molecule has 0 unspecified atom stereocenters. The van der Waals surface area contributed by atoms with E-state index in [1.807, 2.05) is 26.0 Å². The van der Waals surface area contributed by atoms with E-state index in [-0.39, 0.29) is 25.0 Å². The number of aliphatic hydroxyl groups excluding tert-OH is 2. The maximum absolute atomic E-state index is 12.8. The van der Waals surface area contributed by atoms with Crippen LogP contribution in [0.2, 0.25) is 0 Å². The summed E-state index contributed by atoms with van der Waals surface area (Å²) >= 11 is 0. The number of phenols is 1. The number of imide groups is 1. The third kappa shape index (κ3) is 5.52. The molecule has 3 N–H and O–H groups in total. The first kappa shape index (κ1) is 27.1. The molecule has 1 aliphatic heterocycles. The Kier molecular flexibility index (Phi) is 8.91. The Morgan fingerprint density at radius 3 is 2.43 bits per heavy atom. The number of aliphatic hydroxyl groups is 2. The molecule has 7 nitrogen and oxygen atoms in total. The third-order valence-corrected chi connectivity index (χ3v) is 7.47. The van der Waals surface area contributed by atoms with Crippen molar-refractivity contribution in [3.05, 3.63) is 45.5 Å². The summed E-state index contributed by atoms with van der Waals surface area (Å²) in [7, 11) is 3.05. The standard InChI is InChI=1S/C28H39NO6/c1-6-7-18(12-19-10-16(2)26(32)17(3)11-19)8-9-23(31)24-20(15-35-5)13-21-25(22(24)14-30)28(34)29(4)27(21)33/h10-12,21-23,25,30-32H,6-9,13-15H2,1-5H3/b18-12+/t21-,22+,23-,25-/m1/s1. The van der Waals surface area contributed by atoms with E-state index in [1.165, 1.54) is 12.6 Å². The van der Waals surface area contributed by atoms with E-state index in [0.29, 0.717) is 30.6 Å². The predicted molar refractivity (Wildman–Crippen MR) is 135 cm³/mol. The zero-order valence-electron chi connectivity index (χ0n) is 21.5. The molecule has 4 atom stereocenters. The molecule has 1 aromatic rings. The van der Waals surface area contributed by atoms with Crippen molar-refractivity contribution in [3.63, 3.8) is 0 Å². The summed E-state index contributed by atoms with van der Waals surface area (Å²) in [4.78, 5) is 26.6. The topological polar surface area (TPSA) is 107 Å². The second-order valence-electron chi connectivity index (χ2n) is 9.96. The van der Waals surface area contributed by atoms with Crippen LogP contribution in [0, 0.1) is 31.6 Å². The zero-order valence-corrected chi connectivity index (χ0v) is 21.5. The average molecular weight is 486 g/mol. The van der Waals surface area contributed by atoms with Gasteiger partial charge in [-0.05, 0) is 79.5 Å². The molecule has 1 aliphatic carbocycles. The number of hydrogen-bond donors (Lipinski definition) is 3. The third-order valence-electron chi connectivity index (χ3n) is 7.47. The molecule has 0 spiro atoms. The molecule has 2 aliphatic rings. The van der Waals surface area contributed by atoms with Crippen molar-refractivity contribution in [2.45, 2.75) is 59.0 Å². The Morgan fingerprint density at radius 2 is 1.86 bits per heavy atom. The number of amides is 2. The van der Waals surface area contributed by atoms with Crippen molar-refractivity contribution in [1.82, 2.24) is 4.90 Å². The van der Waals surface area contributed by atoms with E-state index >= 15 is 0 Å². The molecule has 1 heterocycles. The maximum atomic E-state index is 12.8. The van der Waals surface area contributed by atoms with Crippen molar-refractivity contribution in [2.75, 3.05) is 27.4 Å². The number of benzene rings is 1. The van der Waals surface area contributed by atoms with Gasteiger partial charge >= 0.3 is 0 Å². The second-order valence-corrected chi connectivity index (χ2v) is 9.96. The number of allylic oxidation sites excluding steroid dienone is 1. The molecule has 1 aromatic carbocycles. The summed E-state index contributed by atoms with van der Waals surface area (Å²) in [5.74, 6) is -1.96. The average Bonchev–Trinajstić information content (AvgIpc) is 3.04. The van der Waals surface area contributed by atoms with Gasteiger partial charge in [-0.25, -0.2) is 0 Å². The van der Waals surface area contributed by atoms with Crippen LogP contribution in [0.25, 0.3) is 6.08 Å². The van der Waals surface area contributed by atoms with Gasteiger partial charge in [-0.15, -0.1) is 0 Å². The number of carbonyl (C=O) groups is 2. The molecule has 7 heteroatoms. The van der Waals surface area contributed by atoms with E-state index in [9.17, 15) is 24.9 Å². The van der Waals surface area contributed by atoms with Crippen LogP contribution in [-0.4, -0.2) is 65.5 Å². The number of phenolic OH excluding ortho intramolecular Hbond substituents is 1. The summed E-state index contributed by atoms with van der Waals surface area (Å²) in [5.41, 5.74) is 5.31. The van der Waals surface area contributed by atoms with E-state index < -0.39 is 23.9 Å². The summed E-state index contributed by atoms with van der Waals surface area (Å²) < 4.78 is 5.37. The van der Waals surface area contributed by atoms with Crippen LogP contribution in [0.15, 0.2) is 28.9 Å². The minimum atomic E-state index is -0.851. The fourth-order valence-electron chi connectivity index (χ4n) is 5.80. The number of aromatic hydroxyl groups is 1. The van der Waals surface area contributed by atoms with Crippen molar-refractivity contribution in [1.29, 1.82) is 0 Å². The predicted octanol–water partition coefficient (Wildman–Crippen LogP) is 3.52. The number of likely N-dealkylation sites (tertiary alicyclic amines) is 1. The van der Waals surface area contributed by atoms with Gasteiger partial charge in [0, 0.05) is 20.1 Å². The van der Waals surface area contributed by atoms with E-state index in [1.54, 1.807) is 7.11 Å². The molecule has 0 radical (unpaired) electrons. The van der Waals surface area contributed by atoms with E-state index in [4.69, 9.17) is 4.74 Å². The number of methoxy groups -OCH3 is 1. The molecule has 2 amide bonds. The minimum absolute atomic E-state index is 0.228. The van der Waals surface area contributed by atoms with Crippen molar-refractivity contribution in [2.24, 2.45) is 17.8 Å². The highest BCUT2D eigenvalue weighted by molar-refractivity contribution is 6.05. The van der Waals surface area contributed by atoms with Gasteiger partial charge in [-0.2, -0.15) is 0 Å². The Labute approximate surface area is 208 Å². The zero-order chi connectivity index (χ0) is 25.9. The lowest BCUT2D eigenvalue weighted by atomic mass is 9.68. The fraction of sp³-hybridized carbons (Fsp3) is 0.571. The molecular weight excluding hydrogens is 446 g/mol. The summed E-state index contributed by atoms with van der Waals surface area (Å²) in [6.45, 7) is 5.81. The molecule has 35 heavy (non-hydrogen) atoms. The molecule has 0 aromatic heterocycles. The number of hydrogen-bond acceptors (Lipinski definition) is 6. The molecule has 192 valence electrons. The van der Waals surface area contributed by atoms with Gasteiger partial charge in [0.1, 0.15) is 5.75 Å². The smallest absolute Gasteiger partial charge is 0.233 e. The van der Waals surface area contributed by atoms with E-state index in [2.05, 4.69) is 13.0 Å². The Bertz CT molecular complexity index is 1000. The van der Waals surface area contributed by atoms with Crippen LogP contribution in [0.5, 0.6) is 5.75 Å². The number of aryl methyl sites for hydroxylation is 2. The fourth-order valence-corrected chi connectivity index (χ4v) is 5.80. The second kappa shape index (κ2) is 11.5. The van der Waals surface area contributed by atoms with Crippen LogP contribution in [0.3, 0.4) is 0 Å². The van der Waals surface area contributed by atoms with E-state index in [0.717, 1.165) is 40.0 Å². The highest BCUT2D eigenvalue weighted by Crippen LogP contribution is 2.46.